The quantitative estimate of drug-likeness (QED) is 0.846. The Hall–Kier alpha value is -1.83. The van der Waals surface area contributed by atoms with E-state index in [4.69, 9.17) is 11.6 Å². The van der Waals surface area contributed by atoms with E-state index in [1.807, 2.05) is 0 Å². The molecule has 0 saturated heterocycles. The molecular weight excluding hydrogens is 271 g/mol. The number of aromatic amines is 1. The van der Waals surface area contributed by atoms with Gasteiger partial charge in [0.1, 0.15) is 23.1 Å². The summed E-state index contributed by atoms with van der Waals surface area (Å²) in [6.45, 7) is 0.171. The van der Waals surface area contributed by atoms with Gasteiger partial charge in [-0.15, -0.1) is 0 Å². The smallest absolute Gasteiger partial charge is 0.363 e. The van der Waals surface area contributed by atoms with E-state index in [-0.39, 0.29) is 17.5 Å². The van der Waals surface area contributed by atoms with Crippen molar-refractivity contribution < 1.29 is 13.2 Å². The zero-order chi connectivity index (χ0) is 13.2. The molecule has 0 saturated carbocycles. The number of anilines is 1. The maximum Gasteiger partial charge on any atom is 0.416 e. The molecule has 2 aromatic heterocycles. The molecule has 0 atom stereocenters. The SMILES string of the molecule is FC(F)(F)c1cc(Cl)nc(NCc2ncn[nH]2)c1. The van der Waals surface area contributed by atoms with Crippen molar-refractivity contribution in [3.63, 3.8) is 0 Å². The van der Waals surface area contributed by atoms with Gasteiger partial charge in [-0.05, 0) is 12.1 Å². The zero-order valence-electron chi connectivity index (χ0n) is 8.79. The van der Waals surface area contributed by atoms with E-state index in [9.17, 15) is 13.2 Å². The summed E-state index contributed by atoms with van der Waals surface area (Å²) in [5, 5.41) is 8.61. The van der Waals surface area contributed by atoms with Crippen molar-refractivity contribution in [2.45, 2.75) is 12.7 Å². The standard InChI is InChI=1S/C9H7ClF3N5/c10-6-1-5(9(11,12)13)2-7(17-6)14-3-8-15-4-16-18-8/h1-2,4H,3H2,(H,14,17)(H,15,16,18). The van der Waals surface area contributed by atoms with E-state index in [1.54, 1.807) is 0 Å². The molecule has 0 radical (unpaired) electrons. The van der Waals surface area contributed by atoms with Crippen LogP contribution in [0.15, 0.2) is 18.5 Å². The minimum Gasteiger partial charge on any atom is -0.363 e. The molecule has 96 valence electrons. The van der Waals surface area contributed by atoms with Gasteiger partial charge in [-0.25, -0.2) is 9.97 Å². The van der Waals surface area contributed by atoms with Gasteiger partial charge < -0.3 is 5.32 Å². The fourth-order valence-electron chi connectivity index (χ4n) is 1.24. The second kappa shape index (κ2) is 4.81. The molecule has 0 bridgehead atoms. The normalized spacial score (nSPS) is 11.6. The van der Waals surface area contributed by atoms with Gasteiger partial charge in [-0.2, -0.15) is 18.3 Å². The summed E-state index contributed by atoms with van der Waals surface area (Å²) in [4.78, 5) is 7.55. The fourth-order valence-corrected chi connectivity index (χ4v) is 1.45. The van der Waals surface area contributed by atoms with Crippen LogP contribution in [0.2, 0.25) is 5.15 Å². The van der Waals surface area contributed by atoms with Crippen LogP contribution in [0.4, 0.5) is 19.0 Å². The number of pyridine rings is 1. The third kappa shape index (κ3) is 3.10. The van der Waals surface area contributed by atoms with E-state index in [0.717, 1.165) is 12.1 Å². The maximum atomic E-state index is 12.5. The Morgan fingerprint density at radius 3 is 2.72 bits per heavy atom. The van der Waals surface area contributed by atoms with Gasteiger partial charge in [-0.1, -0.05) is 11.6 Å². The number of nitrogens with one attached hydrogen (secondary N) is 2. The van der Waals surface area contributed by atoms with E-state index in [0.29, 0.717) is 5.82 Å². The Morgan fingerprint density at radius 1 is 1.33 bits per heavy atom. The minimum absolute atomic E-state index is 0.0197. The monoisotopic (exact) mass is 277 g/mol. The molecule has 0 aliphatic carbocycles. The van der Waals surface area contributed by atoms with Crippen molar-refractivity contribution in [3.05, 3.63) is 35.0 Å². The predicted molar refractivity (Wildman–Crippen MR) is 58.0 cm³/mol. The van der Waals surface area contributed by atoms with E-state index < -0.39 is 11.7 Å². The summed E-state index contributed by atoms with van der Waals surface area (Å²) in [6.07, 6.45) is -3.17. The number of alkyl halides is 3. The van der Waals surface area contributed by atoms with Crippen molar-refractivity contribution in [1.82, 2.24) is 20.2 Å². The first-order valence-corrected chi connectivity index (χ1v) is 5.16. The number of H-pyrrole nitrogens is 1. The van der Waals surface area contributed by atoms with Crippen LogP contribution in [0, 0.1) is 0 Å². The Labute approximate surface area is 104 Å². The Bertz CT molecular complexity index is 525. The largest absolute Gasteiger partial charge is 0.416 e. The third-order valence-corrected chi connectivity index (χ3v) is 2.22. The molecule has 2 heterocycles. The molecule has 2 N–H and O–H groups in total. The number of hydrogen-bond acceptors (Lipinski definition) is 4. The van der Waals surface area contributed by atoms with Crippen LogP contribution in [-0.4, -0.2) is 20.2 Å². The fraction of sp³-hybridized carbons (Fsp3) is 0.222. The summed E-state index contributed by atoms with van der Waals surface area (Å²) >= 11 is 5.53. The number of aromatic nitrogens is 4. The molecule has 2 aromatic rings. The van der Waals surface area contributed by atoms with Gasteiger partial charge >= 0.3 is 6.18 Å². The van der Waals surface area contributed by atoms with E-state index >= 15 is 0 Å². The first-order chi connectivity index (χ1) is 8.45. The van der Waals surface area contributed by atoms with Crippen molar-refractivity contribution in [3.8, 4) is 0 Å². The molecule has 2 rings (SSSR count). The van der Waals surface area contributed by atoms with Crippen molar-refractivity contribution in [2.75, 3.05) is 5.32 Å². The molecular formula is C9H7ClF3N5. The number of rotatable bonds is 3. The molecule has 0 aromatic carbocycles. The lowest BCUT2D eigenvalue weighted by molar-refractivity contribution is -0.137. The van der Waals surface area contributed by atoms with E-state index in [1.165, 1.54) is 6.33 Å². The van der Waals surface area contributed by atoms with Crippen LogP contribution < -0.4 is 5.32 Å². The van der Waals surface area contributed by atoms with Crippen molar-refractivity contribution >= 4 is 17.4 Å². The van der Waals surface area contributed by atoms with Crippen LogP contribution in [0.1, 0.15) is 11.4 Å². The Kier molecular flexibility index (Phi) is 3.37. The number of halogens is 4. The van der Waals surface area contributed by atoms with Crippen molar-refractivity contribution in [1.29, 1.82) is 0 Å². The maximum absolute atomic E-state index is 12.5. The average molecular weight is 278 g/mol. The second-order valence-corrected chi connectivity index (χ2v) is 3.73. The van der Waals surface area contributed by atoms with Gasteiger partial charge in [0.2, 0.25) is 0 Å². The minimum atomic E-state index is -4.46. The first-order valence-electron chi connectivity index (χ1n) is 4.78. The lowest BCUT2D eigenvalue weighted by atomic mass is 10.2. The summed E-state index contributed by atoms with van der Waals surface area (Å²) in [5.74, 6) is 0.497. The van der Waals surface area contributed by atoms with Crippen LogP contribution in [0.25, 0.3) is 0 Å². The van der Waals surface area contributed by atoms with Gasteiger partial charge in [0.15, 0.2) is 0 Å². The van der Waals surface area contributed by atoms with Crippen LogP contribution in [0.5, 0.6) is 0 Å². The predicted octanol–water partition coefficient (Wildman–Crippen LogP) is 2.48. The second-order valence-electron chi connectivity index (χ2n) is 3.35. The highest BCUT2D eigenvalue weighted by atomic mass is 35.5. The topological polar surface area (TPSA) is 66.5 Å². The molecule has 0 aliphatic heterocycles. The van der Waals surface area contributed by atoms with Crippen LogP contribution in [-0.2, 0) is 12.7 Å². The van der Waals surface area contributed by atoms with Crippen LogP contribution in [0.3, 0.4) is 0 Å². The number of nitrogens with zero attached hydrogens (tertiary/aromatic N) is 3. The highest BCUT2D eigenvalue weighted by Gasteiger charge is 2.31. The Morgan fingerprint density at radius 2 is 2.11 bits per heavy atom. The van der Waals surface area contributed by atoms with E-state index in [2.05, 4.69) is 25.5 Å². The summed E-state index contributed by atoms with van der Waals surface area (Å²) < 4.78 is 37.6. The van der Waals surface area contributed by atoms with Gasteiger partial charge in [0.05, 0.1) is 12.1 Å². The molecule has 0 spiro atoms. The van der Waals surface area contributed by atoms with Gasteiger partial charge in [0, 0.05) is 0 Å². The Balaban J connectivity index is 2.15. The summed E-state index contributed by atoms with van der Waals surface area (Å²) in [5.41, 5.74) is -0.859. The lowest BCUT2D eigenvalue weighted by Crippen LogP contribution is -2.08. The van der Waals surface area contributed by atoms with Gasteiger partial charge in [-0.3, -0.25) is 5.10 Å². The molecule has 0 amide bonds. The molecule has 5 nitrogen and oxygen atoms in total. The highest BCUT2D eigenvalue weighted by molar-refractivity contribution is 6.29. The molecule has 0 fully saturated rings. The summed E-state index contributed by atoms with van der Waals surface area (Å²) in [6, 6.07) is 1.64. The number of hydrogen-bond donors (Lipinski definition) is 2. The van der Waals surface area contributed by atoms with Gasteiger partial charge in [0.25, 0.3) is 0 Å². The van der Waals surface area contributed by atoms with Crippen molar-refractivity contribution in [2.24, 2.45) is 0 Å². The lowest BCUT2D eigenvalue weighted by Gasteiger charge is -2.09. The average Bonchev–Trinajstić information content (AvgIpc) is 2.77. The molecule has 0 unspecified atom stereocenters. The highest BCUT2D eigenvalue weighted by Crippen LogP contribution is 2.31. The third-order valence-electron chi connectivity index (χ3n) is 2.02. The summed E-state index contributed by atoms with van der Waals surface area (Å²) in [7, 11) is 0. The van der Waals surface area contributed by atoms with Crippen LogP contribution >= 0.6 is 11.6 Å². The first kappa shape index (κ1) is 12.6. The zero-order valence-corrected chi connectivity index (χ0v) is 9.55. The molecule has 18 heavy (non-hydrogen) atoms. The molecule has 9 heteroatoms. The molecule has 0 aliphatic rings.